The lowest BCUT2D eigenvalue weighted by molar-refractivity contribution is -0.120. The van der Waals surface area contributed by atoms with Crippen molar-refractivity contribution in [1.29, 1.82) is 0 Å². The van der Waals surface area contributed by atoms with Gasteiger partial charge in [0.1, 0.15) is 0 Å². The second kappa shape index (κ2) is 5.19. The number of rotatable bonds is 3. The van der Waals surface area contributed by atoms with Gasteiger partial charge in [0.2, 0.25) is 5.91 Å². The number of nitrogens with one attached hydrogen (secondary N) is 1. The standard InChI is InChI=1S/C9H18N2O2/c1-8-7-10-9(13)3-5-11(8)4-2-6-12/h8,12H,2-7H2,1H3,(H,10,13). The van der Waals surface area contributed by atoms with Crippen LogP contribution in [0.4, 0.5) is 0 Å². The summed E-state index contributed by atoms with van der Waals surface area (Å²) < 4.78 is 0. The number of hydrogen-bond acceptors (Lipinski definition) is 3. The first-order chi connectivity index (χ1) is 6.24. The van der Waals surface area contributed by atoms with E-state index in [0.29, 0.717) is 12.5 Å². The van der Waals surface area contributed by atoms with Crippen LogP contribution in [0, 0.1) is 0 Å². The van der Waals surface area contributed by atoms with Crippen molar-refractivity contribution in [1.82, 2.24) is 10.2 Å². The minimum atomic E-state index is 0.137. The molecule has 0 bridgehead atoms. The predicted octanol–water partition coefficient (Wildman–Crippen LogP) is -0.421. The van der Waals surface area contributed by atoms with Crippen LogP contribution in [0.5, 0.6) is 0 Å². The predicted molar refractivity (Wildman–Crippen MR) is 50.4 cm³/mol. The molecule has 4 heteroatoms. The molecule has 1 rings (SSSR count). The van der Waals surface area contributed by atoms with Crippen LogP contribution < -0.4 is 5.32 Å². The molecule has 76 valence electrons. The molecule has 0 spiro atoms. The number of nitrogens with zero attached hydrogens (tertiary/aromatic N) is 1. The zero-order chi connectivity index (χ0) is 9.68. The van der Waals surface area contributed by atoms with Crippen LogP contribution >= 0.6 is 0 Å². The Morgan fingerprint density at radius 1 is 1.69 bits per heavy atom. The van der Waals surface area contributed by atoms with Crippen molar-refractivity contribution < 1.29 is 9.90 Å². The van der Waals surface area contributed by atoms with E-state index in [1.165, 1.54) is 0 Å². The van der Waals surface area contributed by atoms with E-state index in [1.54, 1.807) is 0 Å². The smallest absolute Gasteiger partial charge is 0.221 e. The number of carbonyl (C=O) groups is 1. The molecule has 13 heavy (non-hydrogen) atoms. The molecule has 1 fully saturated rings. The Balaban J connectivity index is 2.37. The summed E-state index contributed by atoms with van der Waals surface area (Å²) in [6.45, 7) is 4.75. The molecule has 1 aliphatic heterocycles. The van der Waals surface area contributed by atoms with Gasteiger partial charge in [-0.15, -0.1) is 0 Å². The lowest BCUT2D eigenvalue weighted by atomic mass is 10.2. The molecule has 0 aromatic rings. The Hall–Kier alpha value is -0.610. The second-order valence-electron chi connectivity index (χ2n) is 3.52. The summed E-state index contributed by atoms with van der Waals surface area (Å²) in [5, 5.41) is 11.6. The molecule has 1 atom stereocenters. The third-order valence-electron chi connectivity index (χ3n) is 2.45. The molecule has 0 aliphatic carbocycles. The molecule has 0 saturated carbocycles. The van der Waals surface area contributed by atoms with Gasteiger partial charge in [0.25, 0.3) is 0 Å². The second-order valence-corrected chi connectivity index (χ2v) is 3.52. The summed E-state index contributed by atoms with van der Waals surface area (Å²) in [6.07, 6.45) is 1.37. The molecule has 1 heterocycles. The van der Waals surface area contributed by atoms with Crippen LogP contribution in [-0.2, 0) is 4.79 Å². The van der Waals surface area contributed by atoms with Gasteiger partial charge in [-0.1, -0.05) is 0 Å². The molecule has 2 N–H and O–H groups in total. The van der Waals surface area contributed by atoms with E-state index in [0.717, 1.165) is 26.1 Å². The highest BCUT2D eigenvalue weighted by molar-refractivity contribution is 5.76. The first kappa shape index (κ1) is 10.5. The molecule has 0 aromatic carbocycles. The highest BCUT2D eigenvalue weighted by atomic mass is 16.3. The van der Waals surface area contributed by atoms with Crippen molar-refractivity contribution >= 4 is 5.91 Å². The van der Waals surface area contributed by atoms with E-state index >= 15 is 0 Å². The normalized spacial score (nSPS) is 25.4. The maximum Gasteiger partial charge on any atom is 0.221 e. The fourth-order valence-corrected chi connectivity index (χ4v) is 1.55. The Morgan fingerprint density at radius 3 is 3.15 bits per heavy atom. The fourth-order valence-electron chi connectivity index (χ4n) is 1.55. The summed E-state index contributed by atoms with van der Waals surface area (Å²) in [4.78, 5) is 13.3. The highest BCUT2D eigenvalue weighted by Crippen LogP contribution is 2.04. The quantitative estimate of drug-likeness (QED) is 0.629. The third kappa shape index (κ3) is 3.32. The van der Waals surface area contributed by atoms with Crippen molar-refractivity contribution in [3.63, 3.8) is 0 Å². The van der Waals surface area contributed by atoms with Crippen LogP contribution in [-0.4, -0.2) is 48.2 Å². The minimum Gasteiger partial charge on any atom is -0.396 e. The van der Waals surface area contributed by atoms with E-state index in [4.69, 9.17) is 5.11 Å². The topological polar surface area (TPSA) is 52.6 Å². The van der Waals surface area contributed by atoms with Crippen LogP contribution in [0.3, 0.4) is 0 Å². The van der Waals surface area contributed by atoms with Crippen LogP contribution in [0.2, 0.25) is 0 Å². The van der Waals surface area contributed by atoms with E-state index in [2.05, 4.69) is 17.1 Å². The SMILES string of the molecule is CC1CNC(=O)CCN1CCCO. The highest BCUT2D eigenvalue weighted by Gasteiger charge is 2.18. The van der Waals surface area contributed by atoms with Crippen molar-refractivity contribution in [2.24, 2.45) is 0 Å². The van der Waals surface area contributed by atoms with E-state index < -0.39 is 0 Å². The lowest BCUT2D eigenvalue weighted by Crippen LogP contribution is -2.38. The molecule has 1 amide bonds. The van der Waals surface area contributed by atoms with Crippen molar-refractivity contribution in [2.45, 2.75) is 25.8 Å². The monoisotopic (exact) mass is 186 g/mol. The fraction of sp³-hybridized carbons (Fsp3) is 0.889. The molecule has 4 nitrogen and oxygen atoms in total. The van der Waals surface area contributed by atoms with Crippen molar-refractivity contribution in [2.75, 3.05) is 26.2 Å². The van der Waals surface area contributed by atoms with Gasteiger partial charge in [0.05, 0.1) is 0 Å². The zero-order valence-corrected chi connectivity index (χ0v) is 8.12. The minimum absolute atomic E-state index is 0.137. The molecule has 0 radical (unpaired) electrons. The van der Waals surface area contributed by atoms with Gasteiger partial charge in [-0.3, -0.25) is 9.69 Å². The van der Waals surface area contributed by atoms with Gasteiger partial charge in [-0.2, -0.15) is 0 Å². The maximum absolute atomic E-state index is 11.1. The van der Waals surface area contributed by atoms with E-state index in [1.807, 2.05) is 0 Å². The first-order valence-corrected chi connectivity index (χ1v) is 4.85. The van der Waals surface area contributed by atoms with Crippen LogP contribution in [0.1, 0.15) is 19.8 Å². The number of carbonyl (C=O) groups excluding carboxylic acids is 1. The largest absolute Gasteiger partial charge is 0.396 e. The lowest BCUT2D eigenvalue weighted by Gasteiger charge is -2.25. The van der Waals surface area contributed by atoms with Crippen LogP contribution in [0.15, 0.2) is 0 Å². The number of amides is 1. The van der Waals surface area contributed by atoms with E-state index in [-0.39, 0.29) is 12.5 Å². The summed E-state index contributed by atoms with van der Waals surface area (Å²) >= 11 is 0. The van der Waals surface area contributed by atoms with Gasteiger partial charge in [-0.25, -0.2) is 0 Å². The Bertz CT molecular complexity index is 173. The molecule has 1 unspecified atom stereocenters. The molecule has 0 aromatic heterocycles. The number of aliphatic hydroxyl groups is 1. The zero-order valence-electron chi connectivity index (χ0n) is 8.12. The Kier molecular flexibility index (Phi) is 4.18. The van der Waals surface area contributed by atoms with Crippen molar-refractivity contribution in [3.8, 4) is 0 Å². The van der Waals surface area contributed by atoms with Gasteiger partial charge in [0.15, 0.2) is 0 Å². The number of aliphatic hydroxyl groups excluding tert-OH is 1. The average Bonchev–Trinajstić information content (AvgIpc) is 2.28. The molecule has 1 saturated heterocycles. The van der Waals surface area contributed by atoms with Gasteiger partial charge in [0, 0.05) is 38.7 Å². The number of hydrogen-bond donors (Lipinski definition) is 2. The van der Waals surface area contributed by atoms with Gasteiger partial charge < -0.3 is 10.4 Å². The van der Waals surface area contributed by atoms with Crippen molar-refractivity contribution in [3.05, 3.63) is 0 Å². The first-order valence-electron chi connectivity index (χ1n) is 4.85. The Morgan fingerprint density at radius 2 is 2.46 bits per heavy atom. The van der Waals surface area contributed by atoms with Gasteiger partial charge in [-0.05, 0) is 13.3 Å². The maximum atomic E-state index is 11.1. The molecular formula is C9H18N2O2. The summed E-state index contributed by atoms with van der Waals surface area (Å²) in [6, 6.07) is 0.387. The Labute approximate surface area is 78.9 Å². The third-order valence-corrected chi connectivity index (χ3v) is 2.45. The van der Waals surface area contributed by atoms with Crippen LogP contribution in [0.25, 0.3) is 0 Å². The summed E-state index contributed by atoms with van der Waals surface area (Å²) in [5.41, 5.74) is 0. The molecule has 1 aliphatic rings. The van der Waals surface area contributed by atoms with Gasteiger partial charge >= 0.3 is 0 Å². The molecular weight excluding hydrogens is 168 g/mol. The summed E-state index contributed by atoms with van der Waals surface area (Å²) in [5.74, 6) is 0.137. The summed E-state index contributed by atoms with van der Waals surface area (Å²) in [7, 11) is 0. The average molecular weight is 186 g/mol. The van der Waals surface area contributed by atoms with E-state index in [9.17, 15) is 4.79 Å².